The number of hydrogen-bond donors (Lipinski definition) is 0. The summed E-state index contributed by atoms with van der Waals surface area (Å²) < 4.78 is 17.5. The summed E-state index contributed by atoms with van der Waals surface area (Å²) in [5, 5.41) is 0. The van der Waals surface area contributed by atoms with Gasteiger partial charge in [-0.25, -0.2) is 0 Å². The minimum atomic E-state index is -0.110. The topological polar surface area (TPSA) is 30.9 Å². The minimum Gasteiger partial charge on any atom is -0.489 e. The number of ether oxygens (including phenoxy) is 3. The molecule has 1 heterocycles. The van der Waals surface area contributed by atoms with Crippen LogP contribution in [0.5, 0.6) is 5.75 Å². The Hall–Kier alpha value is -2.04. The number of benzene rings is 2. The first-order valence-corrected chi connectivity index (χ1v) is 10.2. The molecular weight excluding hydrogens is 350 g/mol. The van der Waals surface area contributed by atoms with Crippen LogP contribution >= 0.6 is 0 Å². The van der Waals surface area contributed by atoms with Crippen molar-refractivity contribution < 1.29 is 14.2 Å². The molecule has 0 amide bonds. The molecule has 0 radical (unpaired) electrons. The van der Waals surface area contributed by atoms with Gasteiger partial charge in [-0.3, -0.25) is 0 Å². The van der Waals surface area contributed by atoms with Crippen LogP contribution in [0.1, 0.15) is 38.7 Å². The highest BCUT2D eigenvalue weighted by Gasteiger charge is 2.22. The van der Waals surface area contributed by atoms with E-state index in [9.17, 15) is 0 Å². The maximum absolute atomic E-state index is 6.08. The fourth-order valence-corrected chi connectivity index (χ4v) is 3.37. The standard InChI is InChI=1S/C24H33NO3/c1-24(2,26-3)14-17-27-22-12-15-25(16-13-22)21-10-7-11-23(18-21)28-19-20-8-5-4-6-9-20/h4-11,18,22H,12-17,19H2,1-3H3. The lowest BCUT2D eigenvalue weighted by Crippen LogP contribution is -2.37. The average molecular weight is 384 g/mol. The number of anilines is 1. The monoisotopic (exact) mass is 383 g/mol. The molecule has 0 spiro atoms. The maximum Gasteiger partial charge on any atom is 0.121 e. The summed E-state index contributed by atoms with van der Waals surface area (Å²) in [6, 6.07) is 18.7. The first kappa shape index (κ1) is 20.7. The van der Waals surface area contributed by atoms with Crippen LogP contribution in [0.2, 0.25) is 0 Å². The molecule has 1 fully saturated rings. The summed E-state index contributed by atoms with van der Waals surface area (Å²) in [5.41, 5.74) is 2.30. The lowest BCUT2D eigenvalue weighted by atomic mass is 10.0. The molecule has 152 valence electrons. The van der Waals surface area contributed by atoms with E-state index in [4.69, 9.17) is 14.2 Å². The molecule has 0 unspecified atom stereocenters. The van der Waals surface area contributed by atoms with Crippen LogP contribution in [0.3, 0.4) is 0 Å². The van der Waals surface area contributed by atoms with Crippen molar-refractivity contribution in [2.75, 3.05) is 31.7 Å². The van der Waals surface area contributed by atoms with E-state index >= 15 is 0 Å². The van der Waals surface area contributed by atoms with Crippen LogP contribution in [0.4, 0.5) is 5.69 Å². The molecule has 1 aliphatic rings. The number of hydrogen-bond acceptors (Lipinski definition) is 4. The van der Waals surface area contributed by atoms with Gasteiger partial charge in [0.05, 0.1) is 11.7 Å². The fourth-order valence-electron chi connectivity index (χ4n) is 3.37. The van der Waals surface area contributed by atoms with Crippen LogP contribution in [0.25, 0.3) is 0 Å². The Morgan fingerprint density at radius 1 is 1.00 bits per heavy atom. The van der Waals surface area contributed by atoms with E-state index in [0.717, 1.165) is 44.7 Å². The third-order valence-corrected chi connectivity index (χ3v) is 5.48. The molecule has 3 rings (SSSR count). The molecule has 0 saturated carbocycles. The minimum absolute atomic E-state index is 0.110. The molecule has 0 aliphatic carbocycles. The molecule has 0 atom stereocenters. The van der Waals surface area contributed by atoms with Crippen LogP contribution in [0.15, 0.2) is 54.6 Å². The highest BCUT2D eigenvalue weighted by molar-refractivity contribution is 5.51. The zero-order valence-corrected chi connectivity index (χ0v) is 17.4. The maximum atomic E-state index is 6.08. The van der Waals surface area contributed by atoms with E-state index in [1.165, 1.54) is 11.3 Å². The Kier molecular flexibility index (Phi) is 7.35. The van der Waals surface area contributed by atoms with Gasteiger partial charge in [0, 0.05) is 38.6 Å². The van der Waals surface area contributed by atoms with Gasteiger partial charge in [0.15, 0.2) is 0 Å². The molecule has 2 aromatic carbocycles. The molecule has 4 heteroatoms. The normalized spacial score (nSPS) is 15.6. The summed E-state index contributed by atoms with van der Waals surface area (Å²) >= 11 is 0. The van der Waals surface area contributed by atoms with Gasteiger partial charge in [-0.2, -0.15) is 0 Å². The Morgan fingerprint density at radius 2 is 1.75 bits per heavy atom. The van der Waals surface area contributed by atoms with E-state index in [1.54, 1.807) is 7.11 Å². The van der Waals surface area contributed by atoms with Crippen molar-refractivity contribution in [3.05, 3.63) is 60.2 Å². The van der Waals surface area contributed by atoms with Crippen LogP contribution in [0, 0.1) is 0 Å². The second kappa shape index (κ2) is 9.94. The highest BCUT2D eigenvalue weighted by atomic mass is 16.5. The molecule has 1 saturated heterocycles. The molecule has 28 heavy (non-hydrogen) atoms. The van der Waals surface area contributed by atoms with E-state index < -0.39 is 0 Å². The molecule has 1 aliphatic heterocycles. The van der Waals surface area contributed by atoms with Gasteiger partial charge in [0.2, 0.25) is 0 Å². The Balaban J connectivity index is 1.45. The van der Waals surface area contributed by atoms with Gasteiger partial charge >= 0.3 is 0 Å². The Morgan fingerprint density at radius 3 is 2.46 bits per heavy atom. The first-order chi connectivity index (χ1) is 13.6. The number of rotatable bonds is 9. The van der Waals surface area contributed by atoms with Crippen LogP contribution in [-0.4, -0.2) is 38.5 Å². The lowest BCUT2D eigenvalue weighted by molar-refractivity contribution is -0.0312. The first-order valence-electron chi connectivity index (χ1n) is 10.2. The van der Waals surface area contributed by atoms with Gasteiger partial charge in [-0.05, 0) is 50.8 Å². The van der Waals surface area contributed by atoms with E-state index in [1.807, 2.05) is 24.3 Å². The quantitative estimate of drug-likeness (QED) is 0.605. The predicted octanol–water partition coefficient (Wildman–Crippen LogP) is 5.07. The largest absolute Gasteiger partial charge is 0.489 e. The Labute approximate surface area is 169 Å². The molecule has 0 bridgehead atoms. The predicted molar refractivity (Wildman–Crippen MR) is 114 cm³/mol. The van der Waals surface area contributed by atoms with E-state index in [0.29, 0.717) is 12.7 Å². The summed E-state index contributed by atoms with van der Waals surface area (Å²) in [6.45, 7) is 7.59. The van der Waals surface area contributed by atoms with Crippen LogP contribution in [-0.2, 0) is 16.1 Å². The lowest BCUT2D eigenvalue weighted by Gasteiger charge is -2.34. The van der Waals surface area contributed by atoms with Crippen molar-refractivity contribution >= 4 is 5.69 Å². The third-order valence-electron chi connectivity index (χ3n) is 5.48. The zero-order chi connectivity index (χ0) is 19.8. The third kappa shape index (κ3) is 6.25. The van der Waals surface area contributed by atoms with Crippen molar-refractivity contribution in [2.45, 2.75) is 51.4 Å². The average Bonchev–Trinajstić information content (AvgIpc) is 2.74. The van der Waals surface area contributed by atoms with E-state index in [-0.39, 0.29) is 5.60 Å². The number of nitrogens with zero attached hydrogens (tertiary/aromatic N) is 1. The van der Waals surface area contributed by atoms with Gasteiger partial charge in [-0.1, -0.05) is 36.4 Å². The number of piperidine rings is 1. The summed E-state index contributed by atoms with van der Waals surface area (Å²) in [4.78, 5) is 2.42. The van der Waals surface area contributed by atoms with Crippen molar-refractivity contribution in [2.24, 2.45) is 0 Å². The van der Waals surface area contributed by atoms with Gasteiger partial charge in [0.1, 0.15) is 12.4 Å². The van der Waals surface area contributed by atoms with Crippen molar-refractivity contribution in [1.29, 1.82) is 0 Å². The zero-order valence-electron chi connectivity index (χ0n) is 17.4. The SMILES string of the molecule is COC(C)(C)CCOC1CCN(c2cccc(OCc3ccccc3)c2)CC1. The van der Waals surface area contributed by atoms with Gasteiger partial charge in [-0.15, -0.1) is 0 Å². The molecule has 2 aromatic rings. The Bertz CT molecular complexity index is 709. The smallest absolute Gasteiger partial charge is 0.121 e. The second-order valence-electron chi connectivity index (χ2n) is 8.04. The molecular formula is C24H33NO3. The van der Waals surface area contributed by atoms with Crippen molar-refractivity contribution in [3.8, 4) is 5.75 Å². The molecule has 0 aromatic heterocycles. The highest BCUT2D eigenvalue weighted by Crippen LogP contribution is 2.26. The van der Waals surface area contributed by atoms with Gasteiger partial charge < -0.3 is 19.1 Å². The molecule has 0 N–H and O–H groups in total. The molecule has 4 nitrogen and oxygen atoms in total. The summed E-state index contributed by atoms with van der Waals surface area (Å²) in [7, 11) is 1.76. The fraction of sp³-hybridized carbons (Fsp3) is 0.500. The van der Waals surface area contributed by atoms with Crippen LogP contribution < -0.4 is 9.64 Å². The summed E-state index contributed by atoms with van der Waals surface area (Å²) in [6.07, 6.45) is 3.39. The van der Waals surface area contributed by atoms with Crippen molar-refractivity contribution in [3.63, 3.8) is 0 Å². The second-order valence-corrected chi connectivity index (χ2v) is 8.04. The summed E-state index contributed by atoms with van der Waals surface area (Å²) in [5.74, 6) is 0.918. The number of methoxy groups -OCH3 is 1. The van der Waals surface area contributed by atoms with E-state index in [2.05, 4.69) is 49.1 Å². The van der Waals surface area contributed by atoms with Gasteiger partial charge in [0.25, 0.3) is 0 Å². The van der Waals surface area contributed by atoms with Crippen molar-refractivity contribution in [1.82, 2.24) is 0 Å².